The third kappa shape index (κ3) is 31.1. The SMILES string of the molecule is CC(C)C.CC(C)C.CC(C)C.CC(C)C.CC(C)C.c1cc2cnnnc2cn1.c1cc2nnncc2cn1.c1ccc2nnnnc2c1.c1cnc2nnncc2c1.c1cnc2nnnnc2c1. The Morgan fingerprint density at radius 3 is 1.17 bits per heavy atom. The molecular formula is C49H69N21. The Bertz CT molecular complexity index is 2040. The molecular weight excluding hydrogens is 883 g/mol. The second-order valence-corrected chi connectivity index (χ2v) is 17.8. The Kier molecular flexibility index (Phi) is 31.8. The van der Waals surface area contributed by atoms with Gasteiger partial charge in [-0.25, -0.2) is 9.97 Å². The fourth-order valence-electron chi connectivity index (χ4n) is 3.70. The maximum Gasteiger partial charge on any atom is 0.204 e. The number of pyridine rings is 4. The van der Waals surface area contributed by atoms with Crippen LogP contribution in [-0.4, -0.2) is 107 Å². The predicted molar refractivity (Wildman–Crippen MR) is 276 cm³/mol. The summed E-state index contributed by atoms with van der Waals surface area (Å²) in [5.74, 6) is 4.17. The Balaban J connectivity index is 0.000000400. The molecule has 370 valence electrons. The van der Waals surface area contributed by atoms with Crippen LogP contribution in [-0.2, 0) is 0 Å². The van der Waals surface area contributed by atoms with Gasteiger partial charge in [0.1, 0.15) is 22.1 Å². The highest BCUT2D eigenvalue weighted by atomic mass is 15.4. The molecule has 70 heavy (non-hydrogen) atoms. The molecule has 0 spiro atoms. The molecule has 0 radical (unpaired) electrons. The monoisotopic (exact) mass is 952 g/mol. The average molecular weight is 952 g/mol. The number of hydrogen-bond acceptors (Lipinski definition) is 21. The van der Waals surface area contributed by atoms with Gasteiger partial charge >= 0.3 is 0 Å². The first-order valence-electron chi connectivity index (χ1n) is 22.8. The van der Waals surface area contributed by atoms with Crippen molar-refractivity contribution in [2.24, 2.45) is 29.6 Å². The van der Waals surface area contributed by atoms with Crippen LogP contribution in [0.15, 0.2) is 116 Å². The fraction of sp³-hybridized carbons (Fsp3) is 0.408. The van der Waals surface area contributed by atoms with Crippen LogP contribution in [0.25, 0.3) is 55.0 Å². The predicted octanol–water partition coefficient (Wildman–Crippen LogP) is 9.81. The summed E-state index contributed by atoms with van der Waals surface area (Å²) in [5, 5.41) is 63.7. The second-order valence-electron chi connectivity index (χ2n) is 17.8. The number of nitrogens with zero attached hydrogens (tertiary/aromatic N) is 21. The third-order valence-electron chi connectivity index (χ3n) is 5.99. The highest BCUT2D eigenvalue weighted by molar-refractivity contribution is 5.76. The van der Waals surface area contributed by atoms with Gasteiger partial charge in [0, 0.05) is 47.1 Å². The van der Waals surface area contributed by atoms with Gasteiger partial charge in [0.2, 0.25) is 5.65 Å². The molecule has 10 aromatic rings. The molecule has 21 heteroatoms. The first-order valence-corrected chi connectivity index (χ1v) is 22.8. The zero-order valence-corrected chi connectivity index (χ0v) is 43.2. The van der Waals surface area contributed by atoms with E-state index < -0.39 is 0 Å². The lowest BCUT2D eigenvalue weighted by Crippen LogP contribution is -1.93. The van der Waals surface area contributed by atoms with Crippen molar-refractivity contribution in [1.82, 2.24) is 107 Å². The number of benzene rings is 1. The summed E-state index contributed by atoms with van der Waals surface area (Å²) in [7, 11) is 0. The molecule has 0 bridgehead atoms. The summed E-state index contributed by atoms with van der Waals surface area (Å²) in [6, 6.07) is 18.4. The van der Waals surface area contributed by atoms with Crippen LogP contribution in [0.3, 0.4) is 0 Å². The van der Waals surface area contributed by atoms with Crippen LogP contribution in [0.4, 0.5) is 0 Å². The summed E-state index contributed by atoms with van der Waals surface area (Å²) < 4.78 is 0. The molecule has 9 heterocycles. The Labute approximate surface area is 411 Å². The van der Waals surface area contributed by atoms with Gasteiger partial charge in [-0.15, -0.1) is 51.0 Å². The number of aromatic nitrogens is 21. The minimum absolute atomic E-state index is 0.525. The molecule has 0 saturated carbocycles. The van der Waals surface area contributed by atoms with Crippen LogP contribution >= 0.6 is 0 Å². The van der Waals surface area contributed by atoms with E-state index in [4.69, 9.17) is 0 Å². The van der Waals surface area contributed by atoms with Crippen LogP contribution in [0.1, 0.15) is 104 Å². The van der Waals surface area contributed by atoms with Gasteiger partial charge in [-0.1, -0.05) is 116 Å². The van der Waals surface area contributed by atoms with Crippen molar-refractivity contribution >= 4 is 55.0 Å². The molecule has 10 rings (SSSR count). The van der Waals surface area contributed by atoms with Gasteiger partial charge in [0.05, 0.1) is 30.3 Å². The summed E-state index contributed by atoms with van der Waals surface area (Å²) in [6.45, 7) is 32.5. The number of hydrogen-bond donors (Lipinski definition) is 0. The van der Waals surface area contributed by atoms with Crippen molar-refractivity contribution in [3.63, 3.8) is 0 Å². The van der Waals surface area contributed by atoms with Gasteiger partial charge in [0.25, 0.3) is 0 Å². The summed E-state index contributed by atoms with van der Waals surface area (Å²) >= 11 is 0. The van der Waals surface area contributed by atoms with Crippen molar-refractivity contribution in [2.75, 3.05) is 0 Å². The lowest BCUT2D eigenvalue weighted by atomic mass is 10.3. The topological polar surface area (TPSA) is 271 Å². The normalized spacial score (nSPS) is 9.71. The van der Waals surface area contributed by atoms with Crippen molar-refractivity contribution in [3.05, 3.63) is 116 Å². The van der Waals surface area contributed by atoms with E-state index in [-0.39, 0.29) is 0 Å². The summed E-state index contributed by atoms with van der Waals surface area (Å²) in [4.78, 5) is 15.7. The van der Waals surface area contributed by atoms with Crippen LogP contribution in [0.2, 0.25) is 0 Å². The molecule has 0 aliphatic heterocycles. The molecule has 0 amide bonds. The van der Waals surface area contributed by atoms with Gasteiger partial charge in [0.15, 0.2) is 5.65 Å². The van der Waals surface area contributed by atoms with E-state index in [1.165, 1.54) is 0 Å². The quantitative estimate of drug-likeness (QED) is 0.137. The minimum Gasteiger partial charge on any atom is -0.264 e. The largest absolute Gasteiger partial charge is 0.264 e. The zero-order chi connectivity index (χ0) is 51.9. The fourth-order valence-corrected chi connectivity index (χ4v) is 3.70. The number of rotatable bonds is 0. The van der Waals surface area contributed by atoms with Gasteiger partial charge in [-0.2, -0.15) is 0 Å². The molecule has 0 saturated heterocycles. The molecule has 0 unspecified atom stereocenters. The first kappa shape index (κ1) is 60.0. The van der Waals surface area contributed by atoms with Crippen molar-refractivity contribution in [2.45, 2.75) is 104 Å². The molecule has 0 aliphatic rings. The third-order valence-corrected chi connectivity index (χ3v) is 5.99. The minimum atomic E-state index is 0.525. The maximum atomic E-state index is 3.97. The Morgan fingerprint density at radius 2 is 0.657 bits per heavy atom. The zero-order valence-electron chi connectivity index (χ0n) is 43.2. The van der Waals surface area contributed by atoms with Gasteiger partial charge in [-0.05, 0) is 115 Å². The molecule has 0 aliphatic carbocycles. The van der Waals surface area contributed by atoms with E-state index in [0.717, 1.165) is 67.8 Å². The summed E-state index contributed by atoms with van der Waals surface area (Å²) in [5.41, 5.74) is 4.98. The van der Waals surface area contributed by atoms with E-state index in [0.29, 0.717) is 16.8 Å². The molecule has 9 aromatic heterocycles. The molecule has 0 atom stereocenters. The highest BCUT2D eigenvalue weighted by Gasteiger charge is 1.94. The summed E-state index contributed by atoms with van der Waals surface area (Å²) in [6.07, 6.45) is 15.0. The van der Waals surface area contributed by atoms with E-state index in [1.54, 1.807) is 74.0 Å². The smallest absolute Gasteiger partial charge is 0.204 e. The van der Waals surface area contributed by atoms with Crippen molar-refractivity contribution in [3.8, 4) is 0 Å². The molecule has 0 fully saturated rings. The van der Waals surface area contributed by atoms with Crippen molar-refractivity contribution in [1.29, 1.82) is 0 Å². The lowest BCUT2D eigenvalue weighted by molar-refractivity contribution is 0.736. The van der Waals surface area contributed by atoms with Crippen molar-refractivity contribution < 1.29 is 0 Å². The van der Waals surface area contributed by atoms with Crippen LogP contribution in [0.5, 0.6) is 0 Å². The van der Waals surface area contributed by atoms with Crippen LogP contribution in [0, 0.1) is 29.6 Å². The molecule has 0 N–H and O–H groups in total. The van der Waals surface area contributed by atoms with Crippen LogP contribution < -0.4 is 0 Å². The highest BCUT2D eigenvalue weighted by Crippen LogP contribution is 2.05. The average Bonchev–Trinajstić information content (AvgIpc) is 3.34. The Hall–Kier alpha value is -7.97. The van der Waals surface area contributed by atoms with Gasteiger partial charge < -0.3 is 0 Å². The molecule has 1 aromatic carbocycles. The Morgan fingerprint density at radius 1 is 0.271 bits per heavy atom. The van der Waals surface area contributed by atoms with E-state index >= 15 is 0 Å². The standard InChI is InChI=1S/4C6H4N4.C5H3N5.5C4H10/c1-2-7-3-5-4-8-10-9-6(1)5;1-2-7-4-6-5(1)3-8-10-9-6;1-2-5-4-8-10-9-6(5)7-3-1;1-2-4-6-5(3-1)7-9-10-8-6;1-2-4-5(6-3-1)8-10-9-7-4;5*1-4(2)3/h4*1-4H;1-3H;5*4H,1-3H3. The first-order chi connectivity index (χ1) is 33.5. The second kappa shape index (κ2) is 37.1. The molecule has 21 nitrogen and oxygen atoms in total. The number of fused-ring (bicyclic) bond motifs is 5. The lowest BCUT2D eigenvalue weighted by Gasteiger charge is -1.88. The van der Waals surface area contributed by atoms with E-state index in [1.807, 2.05) is 42.5 Å². The van der Waals surface area contributed by atoms with E-state index in [9.17, 15) is 0 Å². The maximum absolute atomic E-state index is 3.97. The van der Waals surface area contributed by atoms with Gasteiger partial charge in [-0.3, -0.25) is 9.97 Å². The van der Waals surface area contributed by atoms with E-state index in [2.05, 4.69) is 211 Å².